The molecule has 0 aliphatic carbocycles. The predicted molar refractivity (Wildman–Crippen MR) is 67.6 cm³/mol. The number of methoxy groups -OCH3 is 2. The summed E-state index contributed by atoms with van der Waals surface area (Å²) in [5, 5.41) is 0. The van der Waals surface area contributed by atoms with Crippen molar-refractivity contribution in [1.29, 1.82) is 0 Å². The number of rotatable bonds is 3. The number of carbonyl (C=O) groups is 3. The van der Waals surface area contributed by atoms with Crippen molar-refractivity contribution in [3.05, 3.63) is 24.3 Å². The molecule has 2 heterocycles. The van der Waals surface area contributed by atoms with Crippen molar-refractivity contribution in [2.24, 2.45) is 11.8 Å². The first-order valence-corrected chi connectivity index (χ1v) is 6.06. The van der Waals surface area contributed by atoms with Crippen molar-refractivity contribution in [3.8, 4) is 0 Å². The van der Waals surface area contributed by atoms with Crippen molar-refractivity contribution in [1.82, 2.24) is 0 Å². The molecule has 2 rings (SSSR count). The van der Waals surface area contributed by atoms with E-state index in [-0.39, 0.29) is 0 Å². The summed E-state index contributed by atoms with van der Waals surface area (Å²) in [5.74, 6) is -3.79. The second-order valence-corrected chi connectivity index (χ2v) is 4.88. The maximum atomic E-state index is 12.1. The predicted octanol–water partition coefficient (Wildman–Crippen LogP) is 0.417. The molecule has 2 bridgehead atoms. The van der Waals surface area contributed by atoms with Crippen LogP contribution in [0.25, 0.3) is 0 Å². The van der Waals surface area contributed by atoms with Crippen molar-refractivity contribution in [3.63, 3.8) is 0 Å². The summed E-state index contributed by atoms with van der Waals surface area (Å²) in [4.78, 5) is 36.1. The fourth-order valence-corrected chi connectivity index (χ4v) is 3.08. The lowest BCUT2D eigenvalue weighted by Gasteiger charge is -2.33. The Hall–Kier alpha value is -1.95. The molecular formula is C14H16O6. The molecule has 2 aliphatic heterocycles. The highest BCUT2D eigenvalue weighted by Crippen LogP contribution is 2.56. The van der Waals surface area contributed by atoms with E-state index in [9.17, 15) is 14.4 Å². The molecule has 0 unspecified atom stereocenters. The van der Waals surface area contributed by atoms with Crippen LogP contribution in [0, 0.1) is 11.8 Å². The Morgan fingerprint density at radius 2 is 1.70 bits per heavy atom. The lowest BCUT2D eigenvalue weighted by molar-refractivity contribution is -0.160. The summed E-state index contributed by atoms with van der Waals surface area (Å²) >= 11 is 0. The minimum absolute atomic E-state index is 0.325. The van der Waals surface area contributed by atoms with Crippen LogP contribution in [0.2, 0.25) is 0 Å². The van der Waals surface area contributed by atoms with Gasteiger partial charge < -0.3 is 14.2 Å². The number of fused-ring (bicyclic) bond motifs is 2. The van der Waals surface area contributed by atoms with Gasteiger partial charge in [0.1, 0.15) is 11.8 Å². The highest BCUT2D eigenvalue weighted by atomic mass is 16.6. The molecule has 0 saturated carbocycles. The van der Waals surface area contributed by atoms with E-state index in [2.05, 4.69) is 13.2 Å². The SMILES string of the molecule is C=C1C(=C)[C@@]2(C(C)=O)O[C@@H]1[C@@H](C(=O)OC)[C@H]2C(=O)OC. The fourth-order valence-electron chi connectivity index (χ4n) is 3.08. The summed E-state index contributed by atoms with van der Waals surface area (Å²) < 4.78 is 15.1. The van der Waals surface area contributed by atoms with Gasteiger partial charge in [-0.15, -0.1) is 0 Å². The van der Waals surface area contributed by atoms with E-state index < -0.39 is 41.3 Å². The molecule has 0 spiro atoms. The molecule has 4 atom stereocenters. The second kappa shape index (κ2) is 4.56. The topological polar surface area (TPSA) is 78.9 Å². The van der Waals surface area contributed by atoms with Gasteiger partial charge in [0.2, 0.25) is 0 Å². The zero-order chi connectivity index (χ0) is 15.2. The Labute approximate surface area is 116 Å². The molecule has 20 heavy (non-hydrogen) atoms. The van der Waals surface area contributed by atoms with E-state index in [0.717, 1.165) is 0 Å². The van der Waals surface area contributed by atoms with Crippen LogP contribution in [0.15, 0.2) is 24.3 Å². The van der Waals surface area contributed by atoms with Gasteiger partial charge in [-0.2, -0.15) is 0 Å². The monoisotopic (exact) mass is 280 g/mol. The van der Waals surface area contributed by atoms with Gasteiger partial charge in [0.25, 0.3) is 0 Å². The van der Waals surface area contributed by atoms with Crippen molar-refractivity contribution < 1.29 is 28.6 Å². The van der Waals surface area contributed by atoms with Gasteiger partial charge >= 0.3 is 11.9 Å². The smallest absolute Gasteiger partial charge is 0.313 e. The summed E-state index contributed by atoms with van der Waals surface area (Å²) in [7, 11) is 2.40. The normalized spacial score (nSPS) is 35.0. The number of ether oxygens (including phenoxy) is 3. The summed E-state index contributed by atoms with van der Waals surface area (Å²) in [5.41, 5.74) is -0.811. The quantitative estimate of drug-likeness (QED) is 0.697. The average molecular weight is 280 g/mol. The van der Waals surface area contributed by atoms with E-state index in [4.69, 9.17) is 14.2 Å². The number of hydrogen-bond acceptors (Lipinski definition) is 6. The van der Waals surface area contributed by atoms with Gasteiger partial charge in [-0.05, 0) is 18.1 Å². The number of carbonyl (C=O) groups excluding carboxylic acids is 3. The first-order chi connectivity index (χ1) is 9.32. The lowest BCUT2D eigenvalue weighted by Crippen LogP contribution is -2.51. The summed E-state index contributed by atoms with van der Waals surface area (Å²) in [6, 6.07) is 0. The Morgan fingerprint density at radius 3 is 2.15 bits per heavy atom. The van der Waals surface area contributed by atoms with E-state index in [1.165, 1.54) is 21.1 Å². The second-order valence-electron chi connectivity index (χ2n) is 4.88. The van der Waals surface area contributed by atoms with Gasteiger partial charge in [0, 0.05) is 0 Å². The van der Waals surface area contributed by atoms with Gasteiger partial charge in [0.15, 0.2) is 11.4 Å². The number of Topliss-reactive ketones (excluding diaryl/α,β-unsaturated/α-hetero) is 1. The van der Waals surface area contributed by atoms with Crippen LogP contribution in [-0.4, -0.2) is 43.6 Å². The van der Waals surface area contributed by atoms with Crippen LogP contribution in [0.3, 0.4) is 0 Å². The molecule has 2 saturated heterocycles. The standard InChI is InChI=1S/C14H16O6/c1-6-7(2)14(8(3)15)10(13(17)19-5)9(11(6)20-14)12(16)18-4/h9-11H,1-2H2,3-5H3/t9-,10-,11-,14-/m0/s1. The van der Waals surface area contributed by atoms with Crippen LogP contribution >= 0.6 is 0 Å². The van der Waals surface area contributed by atoms with Crippen molar-refractivity contribution in [2.45, 2.75) is 18.6 Å². The van der Waals surface area contributed by atoms with Crippen LogP contribution in [0.1, 0.15) is 6.92 Å². The number of esters is 2. The van der Waals surface area contributed by atoms with E-state index in [1.54, 1.807) is 0 Å². The molecule has 0 aromatic carbocycles. The Morgan fingerprint density at radius 1 is 1.15 bits per heavy atom. The first kappa shape index (κ1) is 14.5. The zero-order valence-corrected chi connectivity index (χ0v) is 11.6. The van der Waals surface area contributed by atoms with E-state index >= 15 is 0 Å². The fraction of sp³-hybridized carbons (Fsp3) is 0.500. The third-order valence-electron chi connectivity index (χ3n) is 4.07. The van der Waals surface area contributed by atoms with Crippen molar-refractivity contribution >= 4 is 17.7 Å². The van der Waals surface area contributed by atoms with Crippen molar-refractivity contribution in [2.75, 3.05) is 14.2 Å². The zero-order valence-electron chi connectivity index (χ0n) is 11.6. The van der Waals surface area contributed by atoms with Crippen LogP contribution in [0.5, 0.6) is 0 Å². The molecule has 0 aromatic rings. The maximum absolute atomic E-state index is 12.1. The lowest BCUT2D eigenvalue weighted by atomic mass is 9.66. The van der Waals surface area contributed by atoms with E-state index in [0.29, 0.717) is 11.1 Å². The number of ketones is 1. The van der Waals surface area contributed by atoms with Crippen LogP contribution < -0.4 is 0 Å². The third kappa shape index (κ3) is 1.51. The van der Waals surface area contributed by atoms with Gasteiger partial charge in [-0.1, -0.05) is 13.2 Å². The maximum Gasteiger partial charge on any atom is 0.313 e. The minimum Gasteiger partial charge on any atom is -0.469 e. The Kier molecular flexibility index (Phi) is 3.29. The summed E-state index contributed by atoms with van der Waals surface area (Å²) in [6.07, 6.45) is -0.789. The van der Waals surface area contributed by atoms with Crippen LogP contribution in [0.4, 0.5) is 0 Å². The molecular weight excluding hydrogens is 264 g/mol. The largest absolute Gasteiger partial charge is 0.469 e. The Bertz CT molecular complexity index is 534. The molecule has 6 nitrogen and oxygen atoms in total. The molecule has 0 aromatic heterocycles. The molecule has 0 N–H and O–H groups in total. The first-order valence-electron chi connectivity index (χ1n) is 6.06. The van der Waals surface area contributed by atoms with Gasteiger partial charge in [-0.3, -0.25) is 14.4 Å². The molecule has 0 radical (unpaired) electrons. The molecule has 2 aliphatic rings. The van der Waals surface area contributed by atoms with Crippen LogP contribution in [-0.2, 0) is 28.6 Å². The average Bonchev–Trinajstić information content (AvgIpc) is 2.91. The van der Waals surface area contributed by atoms with Gasteiger partial charge in [-0.25, -0.2) is 0 Å². The highest BCUT2D eigenvalue weighted by molar-refractivity contribution is 6.00. The third-order valence-corrected chi connectivity index (χ3v) is 4.07. The molecule has 6 heteroatoms. The minimum atomic E-state index is -1.58. The molecule has 2 fully saturated rings. The number of hydrogen-bond donors (Lipinski definition) is 0. The Balaban J connectivity index is 2.61. The highest BCUT2D eigenvalue weighted by Gasteiger charge is 2.70. The molecule has 0 amide bonds. The summed E-state index contributed by atoms with van der Waals surface area (Å²) in [6.45, 7) is 8.88. The van der Waals surface area contributed by atoms with E-state index in [1.807, 2.05) is 0 Å². The molecule has 108 valence electrons. The van der Waals surface area contributed by atoms with Gasteiger partial charge in [0.05, 0.1) is 20.3 Å².